The second kappa shape index (κ2) is 3.50. The SMILES string of the molecule is c1ccc2c(-c3ccc4[nH]ccc4c3)occ2c1. The van der Waals surface area contributed by atoms with Gasteiger partial charge in [0, 0.05) is 33.4 Å². The van der Waals surface area contributed by atoms with Crippen LogP contribution in [0, 0.1) is 0 Å². The van der Waals surface area contributed by atoms with Gasteiger partial charge in [0.2, 0.25) is 0 Å². The predicted octanol–water partition coefficient (Wildman–Crippen LogP) is 4.58. The lowest BCUT2D eigenvalue weighted by Crippen LogP contribution is -1.75. The zero-order chi connectivity index (χ0) is 11.9. The van der Waals surface area contributed by atoms with E-state index >= 15 is 0 Å². The quantitative estimate of drug-likeness (QED) is 0.512. The van der Waals surface area contributed by atoms with Gasteiger partial charge in [0.15, 0.2) is 0 Å². The predicted molar refractivity (Wildman–Crippen MR) is 73.5 cm³/mol. The van der Waals surface area contributed by atoms with Crippen LogP contribution in [0.5, 0.6) is 0 Å². The second-order valence-corrected chi connectivity index (χ2v) is 4.43. The molecule has 0 radical (unpaired) electrons. The summed E-state index contributed by atoms with van der Waals surface area (Å²) >= 11 is 0. The minimum absolute atomic E-state index is 0.939. The average Bonchev–Trinajstić information content (AvgIpc) is 3.04. The number of aromatic nitrogens is 1. The molecule has 4 rings (SSSR count). The fraction of sp³-hybridized carbons (Fsp3) is 0. The number of rotatable bonds is 1. The minimum Gasteiger partial charge on any atom is -0.463 e. The highest BCUT2D eigenvalue weighted by Crippen LogP contribution is 2.31. The Morgan fingerprint density at radius 1 is 0.889 bits per heavy atom. The van der Waals surface area contributed by atoms with E-state index in [0.29, 0.717) is 0 Å². The molecule has 0 aliphatic carbocycles. The highest BCUT2D eigenvalue weighted by molar-refractivity contribution is 5.96. The van der Waals surface area contributed by atoms with Gasteiger partial charge in [0.05, 0.1) is 6.26 Å². The van der Waals surface area contributed by atoms with Crippen molar-refractivity contribution in [2.24, 2.45) is 0 Å². The molecule has 0 unspecified atom stereocenters. The van der Waals surface area contributed by atoms with Crippen molar-refractivity contribution in [3.05, 3.63) is 61.0 Å². The van der Waals surface area contributed by atoms with Crippen LogP contribution in [0.2, 0.25) is 0 Å². The molecule has 0 aliphatic rings. The molecule has 86 valence electrons. The van der Waals surface area contributed by atoms with Crippen LogP contribution in [0.3, 0.4) is 0 Å². The first-order valence-electron chi connectivity index (χ1n) is 5.95. The Balaban J connectivity index is 2.00. The first-order chi connectivity index (χ1) is 8.92. The number of H-pyrrole nitrogens is 1. The van der Waals surface area contributed by atoms with Crippen molar-refractivity contribution in [2.75, 3.05) is 0 Å². The van der Waals surface area contributed by atoms with Crippen LogP contribution in [0.1, 0.15) is 0 Å². The lowest BCUT2D eigenvalue weighted by Gasteiger charge is -1.99. The van der Waals surface area contributed by atoms with E-state index in [9.17, 15) is 0 Å². The number of aromatic amines is 1. The third kappa shape index (κ3) is 1.29. The number of nitrogens with one attached hydrogen (secondary N) is 1. The third-order valence-electron chi connectivity index (χ3n) is 3.32. The molecule has 0 atom stereocenters. The molecule has 0 saturated carbocycles. The van der Waals surface area contributed by atoms with Gasteiger partial charge >= 0.3 is 0 Å². The first-order valence-corrected chi connectivity index (χ1v) is 5.95. The van der Waals surface area contributed by atoms with Gasteiger partial charge in [-0.05, 0) is 24.3 Å². The van der Waals surface area contributed by atoms with Crippen LogP contribution in [-0.4, -0.2) is 4.98 Å². The van der Waals surface area contributed by atoms with Crippen LogP contribution in [-0.2, 0) is 0 Å². The van der Waals surface area contributed by atoms with Gasteiger partial charge in [-0.1, -0.05) is 24.3 Å². The zero-order valence-corrected chi connectivity index (χ0v) is 9.68. The monoisotopic (exact) mass is 233 g/mol. The van der Waals surface area contributed by atoms with Gasteiger partial charge in [-0.3, -0.25) is 0 Å². The molecule has 0 amide bonds. The summed E-state index contributed by atoms with van der Waals surface area (Å²) in [5, 5.41) is 3.50. The van der Waals surface area contributed by atoms with E-state index < -0.39 is 0 Å². The van der Waals surface area contributed by atoms with Gasteiger partial charge < -0.3 is 9.40 Å². The molecular formula is C16H11NO. The molecule has 2 aromatic heterocycles. The fourth-order valence-electron chi connectivity index (χ4n) is 2.41. The Bertz CT molecular complexity index is 838. The molecule has 1 N–H and O–H groups in total. The molecule has 18 heavy (non-hydrogen) atoms. The largest absolute Gasteiger partial charge is 0.463 e. The summed E-state index contributed by atoms with van der Waals surface area (Å²) < 4.78 is 5.72. The van der Waals surface area contributed by atoms with E-state index in [1.165, 1.54) is 5.39 Å². The summed E-state index contributed by atoms with van der Waals surface area (Å²) in [6, 6.07) is 16.6. The Labute approximate surface area is 104 Å². The van der Waals surface area contributed by atoms with Crippen molar-refractivity contribution >= 4 is 21.7 Å². The molecule has 0 aliphatic heterocycles. The Kier molecular flexibility index (Phi) is 1.86. The molecule has 4 aromatic rings. The summed E-state index contributed by atoms with van der Waals surface area (Å²) in [4.78, 5) is 3.20. The average molecular weight is 233 g/mol. The lowest BCUT2D eigenvalue weighted by molar-refractivity contribution is 0.587. The molecule has 2 nitrogen and oxygen atoms in total. The van der Waals surface area contributed by atoms with Gasteiger partial charge in [0.1, 0.15) is 5.76 Å². The fourth-order valence-corrected chi connectivity index (χ4v) is 2.41. The minimum atomic E-state index is 0.939. The van der Waals surface area contributed by atoms with Crippen molar-refractivity contribution < 1.29 is 4.42 Å². The normalized spacial score (nSPS) is 11.3. The van der Waals surface area contributed by atoms with Crippen molar-refractivity contribution in [1.29, 1.82) is 0 Å². The zero-order valence-electron chi connectivity index (χ0n) is 9.68. The van der Waals surface area contributed by atoms with Crippen LogP contribution in [0.25, 0.3) is 33.0 Å². The molecule has 2 heteroatoms. The Hall–Kier alpha value is -2.48. The number of hydrogen-bond donors (Lipinski definition) is 1. The van der Waals surface area contributed by atoms with Gasteiger partial charge in [0.25, 0.3) is 0 Å². The lowest BCUT2D eigenvalue weighted by atomic mass is 10.1. The van der Waals surface area contributed by atoms with Gasteiger partial charge in [-0.2, -0.15) is 0 Å². The summed E-state index contributed by atoms with van der Waals surface area (Å²) in [6.45, 7) is 0. The van der Waals surface area contributed by atoms with E-state index in [1.54, 1.807) is 0 Å². The molecule has 0 spiro atoms. The summed E-state index contributed by atoms with van der Waals surface area (Å²) in [5.74, 6) is 0.939. The topological polar surface area (TPSA) is 28.9 Å². The Morgan fingerprint density at radius 3 is 2.83 bits per heavy atom. The summed E-state index contributed by atoms with van der Waals surface area (Å²) in [5.41, 5.74) is 2.26. The van der Waals surface area contributed by atoms with Gasteiger partial charge in [-0.25, -0.2) is 0 Å². The number of hydrogen-bond acceptors (Lipinski definition) is 1. The van der Waals surface area contributed by atoms with E-state index in [1.807, 2.05) is 24.6 Å². The summed E-state index contributed by atoms with van der Waals surface area (Å²) in [7, 11) is 0. The Morgan fingerprint density at radius 2 is 1.83 bits per heavy atom. The van der Waals surface area contributed by atoms with Crippen LogP contribution >= 0.6 is 0 Å². The van der Waals surface area contributed by atoms with Gasteiger partial charge in [-0.15, -0.1) is 0 Å². The number of benzene rings is 2. The van der Waals surface area contributed by atoms with E-state index in [4.69, 9.17) is 4.42 Å². The van der Waals surface area contributed by atoms with Crippen LogP contribution < -0.4 is 0 Å². The molecule has 0 saturated heterocycles. The smallest absolute Gasteiger partial charge is 0.141 e. The number of fused-ring (bicyclic) bond motifs is 2. The van der Waals surface area contributed by atoms with Crippen molar-refractivity contribution in [2.45, 2.75) is 0 Å². The molecule has 0 fully saturated rings. The van der Waals surface area contributed by atoms with E-state index in [-0.39, 0.29) is 0 Å². The van der Waals surface area contributed by atoms with Crippen LogP contribution in [0.4, 0.5) is 0 Å². The van der Waals surface area contributed by atoms with Crippen molar-refractivity contribution in [1.82, 2.24) is 4.98 Å². The van der Waals surface area contributed by atoms with Crippen LogP contribution in [0.15, 0.2) is 65.4 Å². The first kappa shape index (κ1) is 9.54. The maximum atomic E-state index is 5.72. The standard InChI is InChI=1S/C16H11NO/c1-2-4-14-13(3-1)10-18-16(14)12-5-6-15-11(9-12)7-8-17-15/h1-10,17H. The third-order valence-corrected chi connectivity index (χ3v) is 3.32. The molecule has 0 bridgehead atoms. The van der Waals surface area contributed by atoms with E-state index in [0.717, 1.165) is 27.6 Å². The molecule has 2 aromatic carbocycles. The maximum Gasteiger partial charge on any atom is 0.141 e. The second-order valence-electron chi connectivity index (χ2n) is 4.43. The maximum absolute atomic E-state index is 5.72. The van der Waals surface area contributed by atoms with Crippen molar-refractivity contribution in [3.8, 4) is 11.3 Å². The number of furan rings is 1. The highest BCUT2D eigenvalue weighted by atomic mass is 16.3. The summed E-state index contributed by atoms with van der Waals surface area (Å²) in [6.07, 6.45) is 3.76. The highest BCUT2D eigenvalue weighted by Gasteiger charge is 2.08. The van der Waals surface area contributed by atoms with Crippen molar-refractivity contribution in [3.63, 3.8) is 0 Å². The molecular weight excluding hydrogens is 222 g/mol. The van der Waals surface area contributed by atoms with E-state index in [2.05, 4.69) is 41.4 Å². The molecule has 2 heterocycles.